The van der Waals surface area contributed by atoms with Gasteiger partial charge in [0.1, 0.15) is 0 Å². The molecule has 2 aliphatic rings. The van der Waals surface area contributed by atoms with Crippen molar-refractivity contribution >= 4 is 5.91 Å². The molecule has 17 heavy (non-hydrogen) atoms. The monoisotopic (exact) mass is 240 g/mol. The standard InChI is InChI=1S/C13H24N2O2/c1-13(7-2-3-8-15-13)12(17)14-9-10-5-4-6-11(10)16/h10-11,15-16H,2-9H2,1H3,(H,14,17). The summed E-state index contributed by atoms with van der Waals surface area (Å²) in [6.45, 7) is 3.53. The van der Waals surface area contributed by atoms with Crippen LogP contribution in [0, 0.1) is 5.92 Å². The van der Waals surface area contributed by atoms with Crippen molar-refractivity contribution < 1.29 is 9.90 Å². The van der Waals surface area contributed by atoms with Crippen LogP contribution in [0.15, 0.2) is 0 Å². The van der Waals surface area contributed by atoms with Gasteiger partial charge < -0.3 is 15.7 Å². The lowest BCUT2D eigenvalue weighted by atomic mass is 9.90. The van der Waals surface area contributed by atoms with Gasteiger partial charge in [-0.3, -0.25) is 4.79 Å². The van der Waals surface area contributed by atoms with Crippen molar-refractivity contribution in [3.8, 4) is 0 Å². The van der Waals surface area contributed by atoms with Crippen LogP contribution >= 0.6 is 0 Å². The van der Waals surface area contributed by atoms with Gasteiger partial charge >= 0.3 is 0 Å². The number of amides is 1. The van der Waals surface area contributed by atoms with E-state index in [0.29, 0.717) is 6.54 Å². The number of hydrogen-bond acceptors (Lipinski definition) is 3. The highest BCUT2D eigenvalue weighted by Gasteiger charge is 2.35. The third kappa shape index (κ3) is 2.99. The van der Waals surface area contributed by atoms with Gasteiger partial charge in [0.2, 0.25) is 5.91 Å². The van der Waals surface area contributed by atoms with E-state index in [1.165, 1.54) is 0 Å². The van der Waals surface area contributed by atoms with E-state index in [0.717, 1.165) is 45.1 Å². The van der Waals surface area contributed by atoms with E-state index in [-0.39, 0.29) is 17.9 Å². The molecule has 0 aromatic heterocycles. The van der Waals surface area contributed by atoms with Gasteiger partial charge in [-0.15, -0.1) is 0 Å². The minimum Gasteiger partial charge on any atom is -0.393 e. The maximum Gasteiger partial charge on any atom is 0.240 e. The van der Waals surface area contributed by atoms with Crippen LogP contribution in [-0.4, -0.2) is 35.7 Å². The van der Waals surface area contributed by atoms with E-state index in [2.05, 4.69) is 10.6 Å². The third-order valence-electron chi connectivity index (χ3n) is 4.26. The lowest BCUT2D eigenvalue weighted by molar-refractivity contribution is -0.128. The first-order valence-electron chi connectivity index (χ1n) is 6.83. The van der Waals surface area contributed by atoms with E-state index < -0.39 is 5.54 Å². The summed E-state index contributed by atoms with van der Waals surface area (Å²) in [7, 11) is 0. The Bertz CT molecular complexity index is 275. The van der Waals surface area contributed by atoms with E-state index in [9.17, 15) is 9.90 Å². The van der Waals surface area contributed by atoms with Gasteiger partial charge in [0.05, 0.1) is 11.6 Å². The molecule has 1 aliphatic carbocycles. The molecule has 0 bridgehead atoms. The molecule has 3 atom stereocenters. The van der Waals surface area contributed by atoms with Crippen LogP contribution in [0.4, 0.5) is 0 Å². The molecule has 4 heteroatoms. The molecule has 1 saturated carbocycles. The number of aliphatic hydroxyl groups is 1. The van der Waals surface area contributed by atoms with Crippen LogP contribution in [0.5, 0.6) is 0 Å². The molecule has 0 spiro atoms. The SMILES string of the molecule is CC1(C(=O)NCC2CCCC2O)CCCCN1. The van der Waals surface area contributed by atoms with Crippen LogP contribution in [0.1, 0.15) is 45.4 Å². The van der Waals surface area contributed by atoms with Gasteiger partial charge in [0.15, 0.2) is 0 Å². The second kappa shape index (κ2) is 5.36. The molecule has 4 nitrogen and oxygen atoms in total. The predicted molar refractivity (Wildman–Crippen MR) is 66.6 cm³/mol. The molecule has 3 N–H and O–H groups in total. The number of hydrogen-bond donors (Lipinski definition) is 3. The molecule has 3 unspecified atom stereocenters. The van der Waals surface area contributed by atoms with E-state index in [4.69, 9.17) is 0 Å². The van der Waals surface area contributed by atoms with E-state index >= 15 is 0 Å². The fraction of sp³-hybridized carbons (Fsp3) is 0.923. The topological polar surface area (TPSA) is 61.4 Å². The zero-order valence-electron chi connectivity index (χ0n) is 10.7. The van der Waals surface area contributed by atoms with Crippen LogP contribution in [0.25, 0.3) is 0 Å². The minimum absolute atomic E-state index is 0.0938. The third-order valence-corrected chi connectivity index (χ3v) is 4.26. The first kappa shape index (κ1) is 12.8. The van der Waals surface area contributed by atoms with E-state index in [1.807, 2.05) is 6.92 Å². The average Bonchev–Trinajstić information content (AvgIpc) is 2.73. The predicted octanol–water partition coefficient (Wildman–Crippen LogP) is 0.796. The molecule has 1 amide bonds. The molecule has 0 aromatic rings. The summed E-state index contributed by atoms with van der Waals surface area (Å²) >= 11 is 0. The highest BCUT2D eigenvalue weighted by molar-refractivity contribution is 5.85. The van der Waals surface area contributed by atoms with Gasteiger partial charge in [0, 0.05) is 12.5 Å². The molecule has 1 saturated heterocycles. The van der Waals surface area contributed by atoms with Gasteiger partial charge in [-0.2, -0.15) is 0 Å². The number of nitrogens with one attached hydrogen (secondary N) is 2. The first-order valence-corrected chi connectivity index (χ1v) is 6.83. The maximum absolute atomic E-state index is 12.1. The Labute approximate surface area is 103 Å². The lowest BCUT2D eigenvalue weighted by Crippen LogP contribution is -2.57. The number of aliphatic hydroxyl groups excluding tert-OH is 1. The summed E-state index contributed by atoms with van der Waals surface area (Å²) < 4.78 is 0. The van der Waals surface area contributed by atoms with Gasteiger partial charge in [-0.1, -0.05) is 6.42 Å². The van der Waals surface area contributed by atoms with Crippen LogP contribution in [0.3, 0.4) is 0 Å². The largest absolute Gasteiger partial charge is 0.393 e. The molecule has 2 fully saturated rings. The van der Waals surface area contributed by atoms with Gasteiger partial charge in [0.25, 0.3) is 0 Å². The van der Waals surface area contributed by atoms with Crippen molar-refractivity contribution in [3.63, 3.8) is 0 Å². The van der Waals surface area contributed by atoms with Crippen molar-refractivity contribution in [2.75, 3.05) is 13.1 Å². The Morgan fingerprint density at radius 3 is 2.82 bits per heavy atom. The van der Waals surface area contributed by atoms with Crippen LogP contribution < -0.4 is 10.6 Å². The van der Waals surface area contributed by atoms with Crippen molar-refractivity contribution in [2.45, 2.75) is 57.1 Å². The highest BCUT2D eigenvalue weighted by atomic mass is 16.3. The zero-order valence-corrected chi connectivity index (χ0v) is 10.7. The number of carbonyl (C=O) groups excluding carboxylic acids is 1. The Balaban J connectivity index is 1.80. The summed E-state index contributed by atoms with van der Waals surface area (Å²) in [6.07, 6.45) is 5.96. The van der Waals surface area contributed by atoms with E-state index in [1.54, 1.807) is 0 Å². The summed E-state index contributed by atoms with van der Waals surface area (Å²) in [6, 6.07) is 0. The molecule has 0 radical (unpaired) electrons. The van der Waals surface area contributed by atoms with Gasteiger partial charge in [-0.25, -0.2) is 0 Å². The highest BCUT2D eigenvalue weighted by Crippen LogP contribution is 2.25. The molecule has 0 aromatic carbocycles. The van der Waals surface area contributed by atoms with Gasteiger partial charge in [-0.05, 0) is 45.6 Å². The fourth-order valence-electron chi connectivity index (χ4n) is 2.92. The Kier molecular flexibility index (Phi) is 4.05. The lowest BCUT2D eigenvalue weighted by Gasteiger charge is -2.34. The van der Waals surface area contributed by atoms with Crippen molar-refractivity contribution in [2.24, 2.45) is 5.92 Å². The average molecular weight is 240 g/mol. The second-order valence-electron chi connectivity index (χ2n) is 5.68. The van der Waals surface area contributed by atoms with Crippen molar-refractivity contribution in [1.82, 2.24) is 10.6 Å². The fourth-order valence-corrected chi connectivity index (χ4v) is 2.92. The first-order chi connectivity index (χ1) is 8.12. The Morgan fingerprint density at radius 1 is 1.41 bits per heavy atom. The quantitative estimate of drug-likeness (QED) is 0.683. The van der Waals surface area contributed by atoms with Crippen molar-refractivity contribution in [1.29, 1.82) is 0 Å². The molecular formula is C13H24N2O2. The number of rotatable bonds is 3. The Morgan fingerprint density at radius 2 is 2.24 bits per heavy atom. The molecule has 2 rings (SSSR count). The van der Waals surface area contributed by atoms with Crippen molar-refractivity contribution in [3.05, 3.63) is 0 Å². The smallest absolute Gasteiger partial charge is 0.240 e. The zero-order chi connectivity index (χ0) is 12.3. The molecule has 1 heterocycles. The van der Waals surface area contributed by atoms with Crippen LogP contribution in [-0.2, 0) is 4.79 Å². The summed E-state index contributed by atoms with van der Waals surface area (Å²) in [4.78, 5) is 12.1. The number of piperidine rings is 1. The summed E-state index contributed by atoms with van der Waals surface area (Å²) in [5.74, 6) is 0.349. The summed E-state index contributed by atoms with van der Waals surface area (Å²) in [5.41, 5.74) is -0.401. The maximum atomic E-state index is 12.1. The number of carbonyl (C=O) groups is 1. The molecule has 1 aliphatic heterocycles. The minimum atomic E-state index is -0.401. The Hall–Kier alpha value is -0.610. The van der Waals surface area contributed by atoms with Crippen LogP contribution in [0.2, 0.25) is 0 Å². The summed E-state index contributed by atoms with van der Waals surface area (Å²) in [5, 5.41) is 16.0. The molecular weight excluding hydrogens is 216 g/mol. The second-order valence-corrected chi connectivity index (χ2v) is 5.68. The normalized spacial score (nSPS) is 38.0. The molecule has 98 valence electrons.